The molecular weight excluding hydrogens is 439 g/mol. The Hall–Kier alpha value is -2.60. The van der Waals surface area contributed by atoms with Crippen LogP contribution in [0, 0.1) is 0 Å². The summed E-state index contributed by atoms with van der Waals surface area (Å²) in [5, 5.41) is 6.52. The fourth-order valence-corrected chi connectivity index (χ4v) is 3.53. The Kier molecular flexibility index (Phi) is 8.08. The summed E-state index contributed by atoms with van der Waals surface area (Å²) in [7, 11) is 0. The first-order valence-electron chi connectivity index (χ1n) is 9.35. The topological polar surface area (TPSA) is 50.4 Å². The average molecular weight is 459 g/mol. The lowest BCUT2D eigenvalue weighted by Gasteiger charge is -2.12. The van der Waals surface area contributed by atoms with Crippen LogP contribution in [0.25, 0.3) is 0 Å². The number of hydrogen-bond donors (Lipinski definition) is 2. The van der Waals surface area contributed by atoms with E-state index in [1.54, 1.807) is 6.07 Å². The molecule has 0 radical (unpaired) electrons. The van der Waals surface area contributed by atoms with Crippen LogP contribution in [0.3, 0.4) is 0 Å². The van der Waals surface area contributed by atoms with E-state index in [9.17, 15) is 4.79 Å². The molecule has 0 aliphatic carbocycles. The van der Waals surface area contributed by atoms with Gasteiger partial charge in [-0.05, 0) is 61.0 Å². The van der Waals surface area contributed by atoms with E-state index in [1.807, 2.05) is 42.5 Å². The van der Waals surface area contributed by atoms with Gasteiger partial charge < -0.3 is 10.1 Å². The number of benzene rings is 3. The summed E-state index contributed by atoms with van der Waals surface area (Å²) < 4.78 is 5.83. The number of ether oxygens (including phenoxy) is 1. The molecule has 0 unspecified atom stereocenters. The average Bonchev–Trinajstić information content (AvgIpc) is 2.71. The molecule has 3 rings (SSSR count). The van der Waals surface area contributed by atoms with Gasteiger partial charge in [0, 0.05) is 27.4 Å². The van der Waals surface area contributed by atoms with E-state index >= 15 is 0 Å². The smallest absolute Gasteiger partial charge is 0.257 e. The number of carbonyl (C=O) groups is 1. The van der Waals surface area contributed by atoms with Crippen molar-refractivity contribution in [2.75, 3.05) is 11.9 Å². The second kappa shape index (κ2) is 11.0. The molecule has 0 aliphatic heterocycles. The number of hydrogen-bond acceptors (Lipinski definition) is 3. The zero-order valence-corrected chi connectivity index (χ0v) is 18.4. The Morgan fingerprint density at radius 2 is 1.67 bits per heavy atom. The molecule has 0 fully saturated rings. The SMILES string of the molecule is O=C(NC(=S)Nc1cccc(OCCCc2ccccc2)c1)c1cc(Cl)cc(Cl)c1. The van der Waals surface area contributed by atoms with Gasteiger partial charge in [-0.3, -0.25) is 10.1 Å². The second-order valence-electron chi connectivity index (χ2n) is 6.53. The Labute approximate surface area is 191 Å². The van der Waals surface area contributed by atoms with Crippen LogP contribution < -0.4 is 15.4 Å². The second-order valence-corrected chi connectivity index (χ2v) is 7.81. The zero-order valence-electron chi connectivity index (χ0n) is 16.0. The molecule has 1 amide bonds. The number of thiocarbonyl (C=S) groups is 1. The zero-order chi connectivity index (χ0) is 21.3. The molecule has 3 aromatic carbocycles. The summed E-state index contributed by atoms with van der Waals surface area (Å²) in [6, 6.07) is 22.3. The molecule has 0 bridgehead atoms. The molecule has 0 spiro atoms. The molecule has 7 heteroatoms. The largest absolute Gasteiger partial charge is 0.494 e. The van der Waals surface area contributed by atoms with Crippen molar-refractivity contribution in [2.24, 2.45) is 0 Å². The highest BCUT2D eigenvalue weighted by Crippen LogP contribution is 2.20. The van der Waals surface area contributed by atoms with Gasteiger partial charge in [0.05, 0.1) is 6.61 Å². The molecule has 3 aromatic rings. The van der Waals surface area contributed by atoms with Crippen LogP contribution in [0.2, 0.25) is 10.0 Å². The van der Waals surface area contributed by atoms with E-state index < -0.39 is 5.91 Å². The molecule has 0 atom stereocenters. The predicted octanol–water partition coefficient (Wildman–Crippen LogP) is 6.13. The van der Waals surface area contributed by atoms with E-state index in [1.165, 1.54) is 17.7 Å². The Bertz CT molecular complexity index is 1010. The van der Waals surface area contributed by atoms with Crippen molar-refractivity contribution in [1.29, 1.82) is 0 Å². The van der Waals surface area contributed by atoms with Crippen LogP contribution in [0.4, 0.5) is 5.69 Å². The molecule has 4 nitrogen and oxygen atoms in total. The summed E-state index contributed by atoms with van der Waals surface area (Å²) in [6.45, 7) is 0.606. The molecular formula is C23H20Cl2N2O2S. The van der Waals surface area contributed by atoms with Crippen molar-refractivity contribution in [1.82, 2.24) is 5.32 Å². The van der Waals surface area contributed by atoms with Gasteiger partial charge in [-0.15, -0.1) is 0 Å². The van der Waals surface area contributed by atoms with Gasteiger partial charge >= 0.3 is 0 Å². The normalized spacial score (nSPS) is 10.3. The van der Waals surface area contributed by atoms with Crippen LogP contribution in [-0.2, 0) is 6.42 Å². The first-order valence-corrected chi connectivity index (χ1v) is 10.5. The summed E-state index contributed by atoms with van der Waals surface area (Å²) in [5.74, 6) is 0.328. The number of halogens is 2. The number of rotatable bonds is 7. The van der Waals surface area contributed by atoms with Crippen molar-refractivity contribution in [3.8, 4) is 5.75 Å². The van der Waals surface area contributed by atoms with Crippen LogP contribution >= 0.6 is 35.4 Å². The molecule has 0 saturated heterocycles. The van der Waals surface area contributed by atoms with Crippen molar-refractivity contribution >= 4 is 52.1 Å². The highest BCUT2D eigenvalue weighted by atomic mass is 35.5. The molecule has 154 valence electrons. The third-order valence-electron chi connectivity index (χ3n) is 4.17. The van der Waals surface area contributed by atoms with E-state index in [0.29, 0.717) is 27.9 Å². The highest BCUT2D eigenvalue weighted by Gasteiger charge is 2.10. The van der Waals surface area contributed by atoms with Gasteiger partial charge in [0.15, 0.2) is 5.11 Å². The third-order valence-corrected chi connectivity index (χ3v) is 4.81. The van der Waals surface area contributed by atoms with Crippen LogP contribution in [0.5, 0.6) is 5.75 Å². The number of amides is 1. The molecule has 2 N–H and O–H groups in total. The Morgan fingerprint density at radius 1 is 0.933 bits per heavy atom. The van der Waals surface area contributed by atoms with E-state index in [-0.39, 0.29) is 5.11 Å². The monoisotopic (exact) mass is 458 g/mol. The minimum atomic E-state index is -0.398. The fraction of sp³-hybridized carbons (Fsp3) is 0.130. The lowest BCUT2D eigenvalue weighted by Crippen LogP contribution is -2.34. The Morgan fingerprint density at radius 3 is 2.40 bits per heavy atom. The fourth-order valence-electron chi connectivity index (χ4n) is 2.80. The highest BCUT2D eigenvalue weighted by molar-refractivity contribution is 7.80. The van der Waals surface area contributed by atoms with Crippen molar-refractivity contribution in [3.05, 3.63) is 94.0 Å². The van der Waals surface area contributed by atoms with Crippen molar-refractivity contribution in [2.45, 2.75) is 12.8 Å². The van der Waals surface area contributed by atoms with Gasteiger partial charge in [0.2, 0.25) is 0 Å². The molecule has 0 saturated carbocycles. The first-order chi connectivity index (χ1) is 14.5. The lowest BCUT2D eigenvalue weighted by molar-refractivity contribution is 0.0977. The standard InChI is InChI=1S/C23H20Cl2N2O2S/c24-18-12-17(13-19(25)14-18)22(28)27-23(30)26-20-9-4-10-21(15-20)29-11-5-8-16-6-2-1-3-7-16/h1-4,6-7,9-10,12-15H,5,8,11H2,(H2,26,27,28,30). The first kappa shape index (κ1) is 22.1. The number of carbonyl (C=O) groups excluding carboxylic acids is 1. The maximum Gasteiger partial charge on any atom is 0.257 e. The van der Waals surface area contributed by atoms with Crippen LogP contribution in [-0.4, -0.2) is 17.6 Å². The van der Waals surface area contributed by atoms with E-state index in [2.05, 4.69) is 22.8 Å². The van der Waals surface area contributed by atoms with Crippen LogP contribution in [0.1, 0.15) is 22.3 Å². The summed E-state index contributed by atoms with van der Waals surface area (Å²) in [4.78, 5) is 12.3. The maximum absolute atomic E-state index is 12.3. The van der Waals surface area contributed by atoms with Gasteiger partial charge in [-0.25, -0.2) is 0 Å². The minimum absolute atomic E-state index is 0.164. The summed E-state index contributed by atoms with van der Waals surface area (Å²) in [5.41, 5.74) is 2.33. The van der Waals surface area contributed by atoms with Crippen LogP contribution in [0.15, 0.2) is 72.8 Å². The van der Waals surface area contributed by atoms with Crippen molar-refractivity contribution in [3.63, 3.8) is 0 Å². The van der Waals surface area contributed by atoms with Crippen molar-refractivity contribution < 1.29 is 9.53 Å². The molecule has 0 aromatic heterocycles. The quantitative estimate of drug-likeness (QED) is 0.330. The van der Waals surface area contributed by atoms with Gasteiger partial charge in [-0.2, -0.15) is 0 Å². The summed E-state index contributed by atoms with van der Waals surface area (Å²) in [6.07, 6.45) is 1.88. The van der Waals surface area contributed by atoms with E-state index in [0.717, 1.165) is 18.6 Å². The number of aryl methyl sites for hydroxylation is 1. The predicted molar refractivity (Wildman–Crippen MR) is 127 cm³/mol. The van der Waals surface area contributed by atoms with Gasteiger partial charge in [0.25, 0.3) is 5.91 Å². The lowest BCUT2D eigenvalue weighted by atomic mass is 10.1. The minimum Gasteiger partial charge on any atom is -0.494 e. The Balaban J connectivity index is 1.49. The van der Waals surface area contributed by atoms with E-state index in [4.69, 9.17) is 40.2 Å². The summed E-state index contributed by atoms with van der Waals surface area (Å²) >= 11 is 17.1. The van der Waals surface area contributed by atoms with Gasteiger partial charge in [0.1, 0.15) is 5.75 Å². The molecule has 0 heterocycles. The molecule has 0 aliphatic rings. The molecule has 30 heavy (non-hydrogen) atoms. The number of nitrogens with one attached hydrogen (secondary N) is 2. The van der Waals surface area contributed by atoms with Gasteiger partial charge in [-0.1, -0.05) is 59.6 Å². The number of anilines is 1. The third kappa shape index (κ3) is 7.02. The maximum atomic E-state index is 12.3.